The number of urea groups is 1. The Morgan fingerprint density at radius 3 is 2.26 bits per heavy atom. The number of ether oxygens (including phenoxy) is 2. The van der Waals surface area contributed by atoms with Gasteiger partial charge in [0, 0.05) is 17.4 Å². The number of hydrazone groups is 1. The average Bonchev–Trinajstić information content (AvgIpc) is 3.29. The van der Waals surface area contributed by atoms with Crippen molar-refractivity contribution < 1.29 is 49.4 Å². The Balaban J connectivity index is 1.63. The first kappa shape index (κ1) is 27.6. The van der Waals surface area contributed by atoms with E-state index in [0.29, 0.717) is 6.20 Å². The summed E-state index contributed by atoms with van der Waals surface area (Å²) in [7, 11) is 0. The summed E-state index contributed by atoms with van der Waals surface area (Å²) in [5.41, 5.74) is -0.811. The fourth-order valence-corrected chi connectivity index (χ4v) is 3.69. The number of hydrogen-bond donors (Lipinski definition) is 1. The number of nitrogens with zero attached hydrogens (tertiary/aromatic N) is 3. The molecule has 2 heterocycles. The molecule has 0 aliphatic carbocycles. The zero-order valence-corrected chi connectivity index (χ0v) is 19.3. The van der Waals surface area contributed by atoms with E-state index >= 15 is 0 Å². The molecule has 39 heavy (non-hydrogen) atoms. The molecule has 1 unspecified atom stereocenters. The van der Waals surface area contributed by atoms with Crippen LogP contribution in [-0.2, 0) is 6.18 Å². The second-order valence-electron chi connectivity index (χ2n) is 7.97. The standard InChI is InChI=1S/C24H16F8N4O3/c25-21(26)38-19-4-2-1-3-16(19)20-17(18-10-5-13(11-33-18)23(27,28)29)12-36(35-20)22(37)34-14-6-8-15(9-7-14)39-24(30,31)32/h1-11,17,21H,12H2,(H,34,37). The highest BCUT2D eigenvalue weighted by Gasteiger charge is 2.36. The highest BCUT2D eigenvalue weighted by Crippen LogP contribution is 2.35. The van der Waals surface area contributed by atoms with Crippen molar-refractivity contribution in [3.63, 3.8) is 0 Å². The molecule has 0 fully saturated rings. The minimum atomic E-state index is -4.91. The number of rotatable bonds is 6. The number of halogens is 8. The Morgan fingerprint density at radius 2 is 1.67 bits per heavy atom. The third kappa shape index (κ3) is 6.91. The molecule has 0 saturated heterocycles. The number of nitrogens with one attached hydrogen (secondary N) is 1. The normalized spacial score (nSPS) is 15.8. The molecule has 1 N–H and O–H groups in total. The number of benzene rings is 2. The molecule has 0 radical (unpaired) electrons. The highest BCUT2D eigenvalue weighted by atomic mass is 19.4. The number of alkyl halides is 8. The minimum absolute atomic E-state index is 0.0163. The van der Waals surface area contributed by atoms with E-state index in [0.717, 1.165) is 41.4 Å². The third-order valence-electron chi connectivity index (χ3n) is 5.34. The molecule has 0 saturated carbocycles. The average molecular weight is 560 g/mol. The predicted molar refractivity (Wildman–Crippen MR) is 120 cm³/mol. The SMILES string of the molecule is O=C(Nc1ccc(OC(F)(F)F)cc1)N1CC(c2ccc(C(F)(F)F)cn2)C(c2ccccc2OC(F)F)=N1. The van der Waals surface area contributed by atoms with Crippen LogP contribution in [0.1, 0.15) is 22.7 Å². The van der Waals surface area contributed by atoms with Crippen LogP contribution in [0.4, 0.5) is 45.6 Å². The molecule has 206 valence electrons. The monoisotopic (exact) mass is 560 g/mol. The van der Waals surface area contributed by atoms with Crippen molar-refractivity contribution in [2.24, 2.45) is 5.10 Å². The molecule has 1 atom stereocenters. The van der Waals surface area contributed by atoms with E-state index in [1.54, 1.807) is 0 Å². The van der Waals surface area contributed by atoms with E-state index in [9.17, 15) is 39.9 Å². The van der Waals surface area contributed by atoms with Crippen LogP contribution in [0.2, 0.25) is 0 Å². The smallest absolute Gasteiger partial charge is 0.434 e. The molecule has 3 aromatic rings. The Kier molecular flexibility index (Phi) is 7.60. The summed E-state index contributed by atoms with van der Waals surface area (Å²) in [4.78, 5) is 16.8. The van der Waals surface area contributed by atoms with Crippen LogP contribution in [0.15, 0.2) is 72.0 Å². The molecular weight excluding hydrogens is 544 g/mol. The lowest BCUT2D eigenvalue weighted by molar-refractivity contribution is -0.274. The zero-order chi connectivity index (χ0) is 28.4. The maximum atomic E-state index is 13.0. The number of para-hydroxylation sites is 1. The number of pyridine rings is 1. The van der Waals surface area contributed by atoms with E-state index < -0.39 is 42.4 Å². The fraction of sp³-hybridized carbons (Fsp3) is 0.208. The molecule has 0 bridgehead atoms. The van der Waals surface area contributed by atoms with Gasteiger partial charge in [0.25, 0.3) is 0 Å². The second kappa shape index (κ2) is 10.7. The van der Waals surface area contributed by atoms with Crippen LogP contribution in [0.25, 0.3) is 0 Å². The van der Waals surface area contributed by atoms with Crippen LogP contribution in [-0.4, -0.2) is 41.3 Å². The molecule has 0 spiro atoms. The lowest BCUT2D eigenvalue weighted by Crippen LogP contribution is -2.30. The lowest BCUT2D eigenvalue weighted by Gasteiger charge is -2.17. The van der Waals surface area contributed by atoms with Crippen LogP contribution < -0.4 is 14.8 Å². The first-order valence-electron chi connectivity index (χ1n) is 10.9. The molecule has 7 nitrogen and oxygen atoms in total. The van der Waals surface area contributed by atoms with Gasteiger partial charge in [0.1, 0.15) is 11.5 Å². The number of aromatic nitrogens is 1. The van der Waals surface area contributed by atoms with Gasteiger partial charge in [-0.3, -0.25) is 4.98 Å². The third-order valence-corrected chi connectivity index (χ3v) is 5.34. The topological polar surface area (TPSA) is 76.0 Å². The number of amides is 2. The van der Waals surface area contributed by atoms with Gasteiger partial charge in [-0.1, -0.05) is 12.1 Å². The van der Waals surface area contributed by atoms with Crippen molar-refractivity contribution in [3.05, 3.63) is 83.7 Å². The predicted octanol–water partition coefficient (Wildman–Crippen LogP) is 6.64. The summed E-state index contributed by atoms with van der Waals surface area (Å²) in [5, 5.41) is 7.50. The van der Waals surface area contributed by atoms with E-state index in [4.69, 9.17) is 0 Å². The van der Waals surface area contributed by atoms with Crippen LogP contribution >= 0.6 is 0 Å². The number of carbonyl (C=O) groups is 1. The summed E-state index contributed by atoms with van der Waals surface area (Å²) in [6.07, 6.45) is -8.96. The summed E-state index contributed by atoms with van der Waals surface area (Å²) < 4.78 is 110. The van der Waals surface area contributed by atoms with Gasteiger partial charge in [-0.2, -0.15) is 27.1 Å². The Bertz CT molecular complexity index is 1340. The van der Waals surface area contributed by atoms with Gasteiger partial charge in [0.15, 0.2) is 0 Å². The first-order valence-corrected chi connectivity index (χ1v) is 10.9. The van der Waals surface area contributed by atoms with Crippen LogP contribution in [0.3, 0.4) is 0 Å². The number of carbonyl (C=O) groups excluding carboxylic acids is 1. The Morgan fingerprint density at radius 1 is 0.974 bits per heavy atom. The fourth-order valence-electron chi connectivity index (χ4n) is 3.69. The van der Waals surface area contributed by atoms with Crippen molar-refractivity contribution in [3.8, 4) is 11.5 Å². The van der Waals surface area contributed by atoms with Crippen molar-refractivity contribution >= 4 is 17.4 Å². The molecule has 1 aromatic heterocycles. The van der Waals surface area contributed by atoms with Crippen molar-refractivity contribution in [1.29, 1.82) is 0 Å². The van der Waals surface area contributed by atoms with E-state index in [1.807, 2.05) is 0 Å². The van der Waals surface area contributed by atoms with Crippen LogP contribution in [0, 0.1) is 0 Å². The number of hydrogen-bond acceptors (Lipinski definition) is 5. The molecule has 15 heteroatoms. The molecule has 1 aliphatic rings. The summed E-state index contributed by atoms with van der Waals surface area (Å²) in [6.45, 7) is -3.45. The Hall–Kier alpha value is -4.43. The van der Waals surface area contributed by atoms with E-state index in [-0.39, 0.29) is 35.0 Å². The quantitative estimate of drug-likeness (QED) is 0.343. The van der Waals surface area contributed by atoms with Gasteiger partial charge < -0.3 is 14.8 Å². The maximum absolute atomic E-state index is 13.0. The Labute approximate surface area is 214 Å². The van der Waals surface area contributed by atoms with Gasteiger partial charge in [0.2, 0.25) is 0 Å². The summed E-state index contributed by atoms with van der Waals surface area (Å²) in [6, 6.07) is 10.7. The molecule has 2 aromatic carbocycles. The van der Waals surface area contributed by atoms with Gasteiger partial charge >= 0.3 is 25.2 Å². The van der Waals surface area contributed by atoms with Gasteiger partial charge in [-0.05, 0) is 48.5 Å². The summed E-state index contributed by atoms with van der Waals surface area (Å²) >= 11 is 0. The van der Waals surface area contributed by atoms with Gasteiger partial charge in [-0.25, -0.2) is 9.80 Å². The van der Waals surface area contributed by atoms with Crippen molar-refractivity contribution in [2.45, 2.75) is 25.1 Å². The first-order chi connectivity index (χ1) is 18.3. The van der Waals surface area contributed by atoms with Gasteiger partial charge in [-0.15, -0.1) is 13.2 Å². The number of anilines is 1. The van der Waals surface area contributed by atoms with Crippen LogP contribution in [0.5, 0.6) is 11.5 Å². The lowest BCUT2D eigenvalue weighted by atomic mass is 9.93. The summed E-state index contributed by atoms with van der Waals surface area (Å²) in [5.74, 6) is -1.75. The van der Waals surface area contributed by atoms with E-state index in [2.05, 4.69) is 24.9 Å². The molecule has 4 rings (SSSR count). The zero-order valence-electron chi connectivity index (χ0n) is 19.3. The van der Waals surface area contributed by atoms with Gasteiger partial charge in [0.05, 0.1) is 29.4 Å². The second-order valence-corrected chi connectivity index (χ2v) is 7.97. The molecular formula is C24H16F8N4O3. The maximum Gasteiger partial charge on any atom is 0.573 e. The van der Waals surface area contributed by atoms with E-state index in [1.165, 1.54) is 24.3 Å². The van der Waals surface area contributed by atoms with Crippen molar-refractivity contribution in [1.82, 2.24) is 9.99 Å². The minimum Gasteiger partial charge on any atom is -0.434 e. The van der Waals surface area contributed by atoms with Crippen molar-refractivity contribution in [2.75, 3.05) is 11.9 Å². The molecule has 1 aliphatic heterocycles. The largest absolute Gasteiger partial charge is 0.573 e. The highest BCUT2D eigenvalue weighted by molar-refractivity contribution is 6.09. The molecule has 2 amide bonds.